The Balaban J connectivity index is 2.24. The van der Waals surface area contributed by atoms with E-state index in [2.05, 4.69) is 127 Å². The highest BCUT2D eigenvalue weighted by Gasteiger charge is 2.14. The van der Waals surface area contributed by atoms with Crippen molar-refractivity contribution < 1.29 is 0 Å². The molecule has 0 bridgehead atoms. The molecule has 2 N–H and O–H groups in total. The molecule has 3 aromatic rings. The van der Waals surface area contributed by atoms with Gasteiger partial charge in [-0.2, -0.15) is 0 Å². The van der Waals surface area contributed by atoms with Crippen LogP contribution < -0.4 is 5.09 Å². The third-order valence-electron chi connectivity index (χ3n) is 5.11. The number of benzene rings is 3. The topological polar surface area (TPSA) is 35.9 Å². The lowest BCUT2D eigenvalue weighted by Gasteiger charge is -2.18. The normalized spacial score (nSPS) is 11.9. The Morgan fingerprint density at radius 3 is 2.19 bits per heavy atom. The second-order valence-electron chi connectivity index (χ2n) is 7.58. The Hall–Kier alpha value is -2.23. The van der Waals surface area contributed by atoms with Crippen molar-refractivity contribution in [3.05, 3.63) is 106 Å². The van der Waals surface area contributed by atoms with Gasteiger partial charge in [0.05, 0.1) is 0 Å². The van der Waals surface area contributed by atoms with E-state index < -0.39 is 0 Å². The average Bonchev–Trinajstić information content (AvgIpc) is 2.79. The second kappa shape index (κ2) is 11.4. The maximum atomic E-state index is 7.93. The van der Waals surface area contributed by atoms with E-state index in [4.69, 9.17) is 5.41 Å². The molecule has 0 spiro atoms. The van der Waals surface area contributed by atoms with Crippen molar-refractivity contribution in [2.45, 2.75) is 27.2 Å². The van der Waals surface area contributed by atoms with Crippen molar-refractivity contribution in [3.8, 4) is 0 Å². The molecule has 0 aliphatic heterocycles. The molecule has 31 heavy (non-hydrogen) atoms. The van der Waals surface area contributed by atoms with Gasteiger partial charge in [-0.25, -0.2) is 0 Å². The van der Waals surface area contributed by atoms with Gasteiger partial charge in [0, 0.05) is 23.8 Å². The van der Waals surface area contributed by atoms with E-state index in [9.17, 15) is 0 Å². The van der Waals surface area contributed by atoms with Gasteiger partial charge in [0.1, 0.15) is 0 Å². The first kappa shape index (κ1) is 23.4. The summed E-state index contributed by atoms with van der Waals surface area (Å²) in [6.07, 6.45) is 5.12. The summed E-state index contributed by atoms with van der Waals surface area (Å²) in [5.41, 5.74) is 10.5. The zero-order valence-corrected chi connectivity index (χ0v) is 21.3. The number of halogens is 1. The molecule has 0 aromatic heterocycles. The largest absolute Gasteiger partial charge is 0.358 e. The Kier molecular flexibility index (Phi) is 8.62. The summed E-state index contributed by atoms with van der Waals surface area (Å²) in [6, 6.07) is 25.8. The molecule has 0 heterocycles. The second-order valence-corrected chi connectivity index (χ2v) is 9.64. The fraction of sp³-hybridized carbons (Fsp3) is 0.148. The van der Waals surface area contributed by atoms with Crippen LogP contribution in [0.15, 0.2) is 78.4 Å². The lowest BCUT2D eigenvalue weighted by atomic mass is 9.87. The SMILES string of the molecule is CC/C(=C(/c1ccc(C=C(C)C)cc1)c1ccc(NPI)c(C=N)c1)c1ccccc1. The molecule has 0 fully saturated rings. The number of rotatable bonds is 8. The first-order valence-electron chi connectivity index (χ1n) is 10.4. The van der Waals surface area contributed by atoms with Crippen molar-refractivity contribution in [1.29, 1.82) is 5.41 Å². The highest BCUT2D eigenvalue weighted by molar-refractivity contribution is 14.2. The molecule has 3 aromatic carbocycles. The molecule has 0 aliphatic rings. The van der Waals surface area contributed by atoms with Crippen LogP contribution >= 0.6 is 28.4 Å². The third kappa shape index (κ3) is 5.93. The summed E-state index contributed by atoms with van der Waals surface area (Å²) in [7, 11) is 0. The lowest BCUT2D eigenvalue weighted by Crippen LogP contribution is -1.98. The van der Waals surface area contributed by atoms with Crippen molar-refractivity contribution in [3.63, 3.8) is 0 Å². The van der Waals surface area contributed by atoms with E-state index in [1.54, 1.807) is 0 Å². The van der Waals surface area contributed by atoms with E-state index in [1.807, 2.05) is 0 Å². The molecule has 158 valence electrons. The van der Waals surface area contributed by atoms with E-state index in [-0.39, 0.29) is 0 Å². The van der Waals surface area contributed by atoms with Crippen molar-refractivity contribution in [1.82, 2.24) is 0 Å². The van der Waals surface area contributed by atoms with Crippen LogP contribution in [0, 0.1) is 5.41 Å². The minimum absolute atomic E-state index is 0.567. The number of hydrogen-bond acceptors (Lipinski definition) is 2. The van der Waals surface area contributed by atoms with Crippen molar-refractivity contribution in [2.75, 3.05) is 5.09 Å². The molecule has 3 rings (SSSR count). The van der Waals surface area contributed by atoms with Crippen LogP contribution in [0.2, 0.25) is 0 Å². The summed E-state index contributed by atoms with van der Waals surface area (Å²) in [6.45, 7) is 6.45. The lowest BCUT2D eigenvalue weighted by molar-refractivity contribution is 1.24. The van der Waals surface area contributed by atoms with Crippen molar-refractivity contribution >= 4 is 57.5 Å². The Labute approximate surface area is 200 Å². The number of anilines is 1. The quantitative estimate of drug-likeness (QED) is 0.128. The highest BCUT2D eigenvalue weighted by Crippen LogP contribution is 2.36. The van der Waals surface area contributed by atoms with Gasteiger partial charge in [-0.1, -0.05) is 79.2 Å². The van der Waals surface area contributed by atoms with Gasteiger partial charge < -0.3 is 10.5 Å². The van der Waals surface area contributed by atoms with E-state index >= 15 is 0 Å². The van der Waals surface area contributed by atoms with E-state index in [0.717, 1.165) is 23.2 Å². The summed E-state index contributed by atoms with van der Waals surface area (Å²) >= 11 is 2.32. The first-order chi connectivity index (χ1) is 15.1. The first-order valence-corrected chi connectivity index (χ1v) is 14.5. The van der Waals surface area contributed by atoms with E-state index in [0.29, 0.717) is 6.37 Å². The number of allylic oxidation sites excluding steroid dienone is 2. The maximum absolute atomic E-state index is 7.93. The van der Waals surface area contributed by atoms with Gasteiger partial charge in [-0.15, -0.1) is 0 Å². The smallest absolute Gasteiger partial charge is 0.0465 e. The Bertz CT molecular complexity index is 1100. The molecular formula is C27H28IN2P. The molecule has 0 radical (unpaired) electrons. The minimum atomic E-state index is 0.567. The standard InChI is InChI=1S/C27H28IN2P/c1-4-25(21-8-6-5-7-9-21)27(22-12-10-20(11-13-22)16-19(2)3)23-14-15-26(30-31-28)24(17-23)18-29/h5-18,29-31H,4H2,1-3H3/b27-25+,29-18?. The molecule has 0 saturated carbocycles. The van der Waals surface area contributed by atoms with Gasteiger partial charge in [-0.3, -0.25) is 0 Å². The zero-order valence-electron chi connectivity index (χ0n) is 18.2. The zero-order chi connectivity index (χ0) is 22.2. The number of hydrogen-bond donors (Lipinski definition) is 2. The van der Waals surface area contributed by atoms with Gasteiger partial charge >= 0.3 is 0 Å². The van der Waals surface area contributed by atoms with E-state index in [1.165, 1.54) is 39.6 Å². The third-order valence-corrected chi connectivity index (χ3v) is 6.28. The number of nitrogens with one attached hydrogen (secondary N) is 2. The molecule has 4 heteroatoms. The van der Waals surface area contributed by atoms with Crippen LogP contribution in [0.1, 0.15) is 55.0 Å². The van der Waals surface area contributed by atoms with Crippen LogP contribution in [0.3, 0.4) is 0 Å². The van der Waals surface area contributed by atoms with Crippen LogP contribution in [-0.4, -0.2) is 6.21 Å². The molecule has 0 aliphatic carbocycles. The van der Waals surface area contributed by atoms with Crippen molar-refractivity contribution in [2.24, 2.45) is 0 Å². The predicted molar refractivity (Wildman–Crippen MR) is 149 cm³/mol. The van der Waals surface area contributed by atoms with Crippen LogP contribution in [-0.2, 0) is 0 Å². The summed E-state index contributed by atoms with van der Waals surface area (Å²) < 4.78 is 0. The molecule has 1 unspecified atom stereocenters. The average molecular weight is 538 g/mol. The molecule has 1 atom stereocenters. The molecule has 0 amide bonds. The highest BCUT2D eigenvalue weighted by atomic mass is 127. The maximum Gasteiger partial charge on any atom is 0.0465 e. The Morgan fingerprint density at radius 1 is 0.935 bits per heavy atom. The minimum Gasteiger partial charge on any atom is -0.358 e. The van der Waals surface area contributed by atoms with Crippen LogP contribution in [0.5, 0.6) is 0 Å². The monoisotopic (exact) mass is 538 g/mol. The summed E-state index contributed by atoms with van der Waals surface area (Å²) in [5.74, 6) is 0. The van der Waals surface area contributed by atoms with Crippen LogP contribution in [0.4, 0.5) is 5.69 Å². The van der Waals surface area contributed by atoms with Gasteiger partial charge in [0.2, 0.25) is 0 Å². The molecule has 2 nitrogen and oxygen atoms in total. The van der Waals surface area contributed by atoms with Gasteiger partial charge in [-0.05, 0) is 87.8 Å². The molecule has 0 saturated heterocycles. The van der Waals surface area contributed by atoms with Crippen LogP contribution in [0.25, 0.3) is 17.2 Å². The fourth-order valence-electron chi connectivity index (χ4n) is 3.76. The fourth-order valence-corrected chi connectivity index (χ4v) is 4.96. The van der Waals surface area contributed by atoms with Gasteiger partial charge in [0.15, 0.2) is 0 Å². The predicted octanol–water partition coefficient (Wildman–Crippen LogP) is 8.83. The van der Waals surface area contributed by atoms with Gasteiger partial charge in [0.25, 0.3) is 0 Å². The summed E-state index contributed by atoms with van der Waals surface area (Å²) in [4.78, 5) is 0. The molecular weight excluding hydrogens is 510 g/mol. The Morgan fingerprint density at radius 2 is 1.61 bits per heavy atom. The summed E-state index contributed by atoms with van der Waals surface area (Å²) in [5, 5.41) is 11.3.